The zero-order valence-electron chi connectivity index (χ0n) is 9.33. The lowest BCUT2D eigenvalue weighted by molar-refractivity contribution is -0.144. The molecule has 1 aliphatic carbocycles. The summed E-state index contributed by atoms with van der Waals surface area (Å²) >= 11 is 0. The summed E-state index contributed by atoms with van der Waals surface area (Å²) in [6, 6.07) is 8.63. The van der Waals surface area contributed by atoms with Crippen LogP contribution in [0.4, 0.5) is 0 Å². The first kappa shape index (κ1) is 11.6. The summed E-state index contributed by atoms with van der Waals surface area (Å²) in [4.78, 5) is 22.7. The van der Waals surface area contributed by atoms with E-state index >= 15 is 0 Å². The molecule has 4 heteroatoms. The Morgan fingerprint density at radius 2 is 1.88 bits per heavy atom. The molecule has 1 saturated carbocycles. The molecule has 2 atom stereocenters. The van der Waals surface area contributed by atoms with Crippen LogP contribution in [-0.2, 0) is 9.53 Å². The van der Waals surface area contributed by atoms with Crippen LogP contribution in [0, 0.1) is 5.92 Å². The highest BCUT2D eigenvalue weighted by atomic mass is 16.5. The van der Waals surface area contributed by atoms with Crippen molar-refractivity contribution >= 4 is 11.9 Å². The molecular formula is C13H14O4. The SMILES string of the molecule is O=C(OC1CCCC1C(=O)O)c1ccccc1. The number of benzene rings is 1. The number of aliphatic carboxylic acids is 1. The molecule has 0 aromatic heterocycles. The quantitative estimate of drug-likeness (QED) is 0.813. The highest BCUT2D eigenvalue weighted by Crippen LogP contribution is 2.29. The Morgan fingerprint density at radius 3 is 2.53 bits per heavy atom. The van der Waals surface area contributed by atoms with Gasteiger partial charge in [0.25, 0.3) is 0 Å². The number of ether oxygens (including phenoxy) is 1. The first-order valence-corrected chi connectivity index (χ1v) is 5.67. The van der Waals surface area contributed by atoms with Crippen LogP contribution in [0.1, 0.15) is 29.6 Å². The van der Waals surface area contributed by atoms with Crippen molar-refractivity contribution < 1.29 is 19.4 Å². The van der Waals surface area contributed by atoms with Crippen LogP contribution in [0.15, 0.2) is 30.3 Å². The molecule has 1 fully saturated rings. The van der Waals surface area contributed by atoms with E-state index in [4.69, 9.17) is 9.84 Å². The van der Waals surface area contributed by atoms with E-state index in [0.29, 0.717) is 18.4 Å². The fourth-order valence-electron chi connectivity index (χ4n) is 2.13. The minimum absolute atomic E-state index is 0.441. The second-order valence-corrected chi connectivity index (χ2v) is 4.19. The van der Waals surface area contributed by atoms with Gasteiger partial charge in [-0.1, -0.05) is 18.2 Å². The Kier molecular flexibility index (Phi) is 3.42. The number of carbonyl (C=O) groups is 2. The van der Waals surface area contributed by atoms with Gasteiger partial charge in [-0.25, -0.2) is 4.79 Å². The molecule has 0 amide bonds. The van der Waals surface area contributed by atoms with E-state index in [1.54, 1.807) is 24.3 Å². The van der Waals surface area contributed by atoms with E-state index < -0.39 is 24.0 Å². The van der Waals surface area contributed by atoms with Crippen molar-refractivity contribution in [2.24, 2.45) is 5.92 Å². The predicted molar refractivity (Wildman–Crippen MR) is 60.6 cm³/mol. The van der Waals surface area contributed by atoms with Gasteiger partial charge in [0.1, 0.15) is 6.10 Å². The van der Waals surface area contributed by atoms with Gasteiger partial charge in [0.05, 0.1) is 11.5 Å². The summed E-state index contributed by atoms with van der Waals surface area (Å²) in [5.74, 6) is -1.88. The molecule has 0 radical (unpaired) electrons. The van der Waals surface area contributed by atoms with Gasteiger partial charge in [-0.2, -0.15) is 0 Å². The Bertz CT molecular complexity index is 413. The number of carbonyl (C=O) groups excluding carboxylic acids is 1. The molecule has 1 aromatic carbocycles. The molecule has 17 heavy (non-hydrogen) atoms. The molecule has 1 N–H and O–H groups in total. The third kappa shape index (κ3) is 2.64. The van der Waals surface area contributed by atoms with E-state index in [1.807, 2.05) is 6.07 Å². The number of esters is 1. The van der Waals surface area contributed by atoms with Crippen LogP contribution in [-0.4, -0.2) is 23.1 Å². The summed E-state index contributed by atoms with van der Waals surface area (Å²) in [5.41, 5.74) is 0.462. The van der Waals surface area contributed by atoms with E-state index in [0.717, 1.165) is 6.42 Å². The Hall–Kier alpha value is -1.84. The first-order chi connectivity index (χ1) is 8.18. The minimum atomic E-state index is -0.881. The topological polar surface area (TPSA) is 63.6 Å². The minimum Gasteiger partial charge on any atom is -0.481 e. The molecule has 2 rings (SSSR count). The van der Waals surface area contributed by atoms with Crippen molar-refractivity contribution in [3.05, 3.63) is 35.9 Å². The maximum absolute atomic E-state index is 11.8. The molecule has 4 nitrogen and oxygen atoms in total. The number of carboxylic acid groups (broad SMARTS) is 1. The Morgan fingerprint density at radius 1 is 1.18 bits per heavy atom. The third-order valence-electron chi connectivity index (χ3n) is 3.04. The molecule has 0 bridgehead atoms. The average molecular weight is 234 g/mol. The van der Waals surface area contributed by atoms with Crippen molar-refractivity contribution in [2.45, 2.75) is 25.4 Å². The van der Waals surface area contributed by atoms with Crippen molar-refractivity contribution in [3.8, 4) is 0 Å². The van der Waals surface area contributed by atoms with Gasteiger partial charge < -0.3 is 9.84 Å². The summed E-state index contributed by atoms with van der Waals surface area (Å²) in [7, 11) is 0. The Balaban J connectivity index is 2.02. The van der Waals surface area contributed by atoms with Crippen LogP contribution < -0.4 is 0 Å². The van der Waals surface area contributed by atoms with Gasteiger partial charge in [0.2, 0.25) is 0 Å². The lowest BCUT2D eigenvalue weighted by atomic mass is 10.1. The maximum atomic E-state index is 11.8. The van der Waals surface area contributed by atoms with Gasteiger partial charge in [-0.15, -0.1) is 0 Å². The van der Waals surface area contributed by atoms with Gasteiger partial charge in [-0.3, -0.25) is 4.79 Å². The molecule has 0 heterocycles. The van der Waals surface area contributed by atoms with Crippen LogP contribution >= 0.6 is 0 Å². The number of hydrogen-bond acceptors (Lipinski definition) is 3. The monoisotopic (exact) mass is 234 g/mol. The molecule has 0 saturated heterocycles. The largest absolute Gasteiger partial charge is 0.481 e. The van der Waals surface area contributed by atoms with Gasteiger partial charge in [-0.05, 0) is 31.4 Å². The molecular weight excluding hydrogens is 220 g/mol. The molecule has 1 aromatic rings. The third-order valence-corrected chi connectivity index (χ3v) is 3.04. The van der Waals surface area contributed by atoms with Crippen molar-refractivity contribution in [1.29, 1.82) is 0 Å². The summed E-state index contributed by atoms with van der Waals surface area (Å²) in [5, 5.41) is 8.98. The highest BCUT2D eigenvalue weighted by molar-refractivity contribution is 5.89. The second kappa shape index (κ2) is 4.99. The van der Waals surface area contributed by atoms with Crippen LogP contribution in [0.25, 0.3) is 0 Å². The van der Waals surface area contributed by atoms with Gasteiger partial charge in [0.15, 0.2) is 0 Å². The van der Waals surface area contributed by atoms with E-state index in [1.165, 1.54) is 0 Å². The van der Waals surface area contributed by atoms with Crippen LogP contribution in [0.5, 0.6) is 0 Å². The maximum Gasteiger partial charge on any atom is 0.338 e. The fraction of sp³-hybridized carbons (Fsp3) is 0.385. The molecule has 0 spiro atoms. The fourth-order valence-corrected chi connectivity index (χ4v) is 2.13. The zero-order chi connectivity index (χ0) is 12.3. The standard InChI is InChI=1S/C13H14O4/c14-12(15)10-7-4-8-11(10)17-13(16)9-5-2-1-3-6-9/h1-3,5-6,10-11H,4,7-8H2,(H,14,15). The molecule has 2 unspecified atom stereocenters. The second-order valence-electron chi connectivity index (χ2n) is 4.19. The number of rotatable bonds is 3. The van der Waals surface area contributed by atoms with Crippen molar-refractivity contribution in [3.63, 3.8) is 0 Å². The van der Waals surface area contributed by atoms with Crippen molar-refractivity contribution in [1.82, 2.24) is 0 Å². The molecule has 90 valence electrons. The summed E-state index contributed by atoms with van der Waals surface area (Å²) in [6.45, 7) is 0. The lowest BCUT2D eigenvalue weighted by Gasteiger charge is -2.16. The van der Waals surface area contributed by atoms with Crippen molar-refractivity contribution in [2.75, 3.05) is 0 Å². The zero-order valence-corrected chi connectivity index (χ0v) is 9.33. The van der Waals surface area contributed by atoms with Gasteiger partial charge >= 0.3 is 11.9 Å². The highest BCUT2D eigenvalue weighted by Gasteiger charge is 2.35. The van der Waals surface area contributed by atoms with E-state index in [9.17, 15) is 9.59 Å². The normalized spacial score (nSPS) is 23.3. The number of hydrogen-bond donors (Lipinski definition) is 1. The van der Waals surface area contributed by atoms with E-state index in [2.05, 4.69) is 0 Å². The predicted octanol–water partition coefficient (Wildman–Crippen LogP) is 2.10. The van der Waals surface area contributed by atoms with Crippen LogP contribution in [0.2, 0.25) is 0 Å². The molecule has 1 aliphatic rings. The van der Waals surface area contributed by atoms with Gasteiger partial charge in [0, 0.05) is 0 Å². The Labute approximate surface area is 99.2 Å². The molecule has 0 aliphatic heterocycles. The lowest BCUT2D eigenvalue weighted by Crippen LogP contribution is -2.27. The summed E-state index contributed by atoms with van der Waals surface area (Å²) in [6.07, 6.45) is 1.53. The first-order valence-electron chi connectivity index (χ1n) is 5.67. The summed E-state index contributed by atoms with van der Waals surface area (Å²) < 4.78 is 5.25. The average Bonchev–Trinajstić information content (AvgIpc) is 2.78. The van der Waals surface area contributed by atoms with Crippen LogP contribution in [0.3, 0.4) is 0 Å². The number of carboxylic acids is 1. The smallest absolute Gasteiger partial charge is 0.338 e. The van der Waals surface area contributed by atoms with E-state index in [-0.39, 0.29) is 0 Å².